The quantitative estimate of drug-likeness (QED) is 0.781. The molecule has 7 heteroatoms. The average Bonchev–Trinajstić information content (AvgIpc) is 2.93. The van der Waals surface area contributed by atoms with Crippen molar-refractivity contribution in [1.29, 1.82) is 0 Å². The zero-order chi connectivity index (χ0) is 16.4. The highest BCUT2D eigenvalue weighted by Crippen LogP contribution is 2.25. The molecule has 0 unspecified atom stereocenters. The summed E-state index contributed by atoms with van der Waals surface area (Å²) in [7, 11) is 0. The van der Waals surface area contributed by atoms with Crippen LogP contribution in [-0.2, 0) is 6.61 Å². The standard InChI is InChI=1S/C16H12F2N2O3/c17-14(18)15-19-13(16(21)22)12-7-6-11(8-20(12)15)23-9-10-4-2-1-3-5-10/h1-8,14H,9H2,(H,21,22). The van der Waals surface area contributed by atoms with Crippen molar-refractivity contribution in [2.45, 2.75) is 13.0 Å². The number of fused-ring (bicyclic) bond motifs is 1. The van der Waals surface area contributed by atoms with Gasteiger partial charge in [0.2, 0.25) is 0 Å². The number of ether oxygens (including phenoxy) is 1. The van der Waals surface area contributed by atoms with Crippen molar-refractivity contribution in [2.24, 2.45) is 0 Å². The van der Waals surface area contributed by atoms with Gasteiger partial charge in [0.25, 0.3) is 6.43 Å². The van der Waals surface area contributed by atoms with Crippen LogP contribution in [0.2, 0.25) is 0 Å². The second-order valence-electron chi connectivity index (χ2n) is 4.82. The molecular weight excluding hydrogens is 306 g/mol. The molecule has 0 atom stereocenters. The third-order valence-corrected chi connectivity index (χ3v) is 3.28. The fourth-order valence-electron chi connectivity index (χ4n) is 2.23. The first-order chi connectivity index (χ1) is 11.1. The molecule has 0 fully saturated rings. The zero-order valence-corrected chi connectivity index (χ0v) is 11.8. The number of pyridine rings is 1. The summed E-state index contributed by atoms with van der Waals surface area (Å²) in [6.07, 6.45) is -1.57. The van der Waals surface area contributed by atoms with Gasteiger partial charge in [-0.05, 0) is 17.7 Å². The number of carboxylic acids is 1. The summed E-state index contributed by atoms with van der Waals surface area (Å²) < 4.78 is 32.7. The van der Waals surface area contributed by atoms with Crippen LogP contribution in [0.5, 0.6) is 5.75 Å². The van der Waals surface area contributed by atoms with Gasteiger partial charge in [-0.15, -0.1) is 0 Å². The maximum atomic E-state index is 13.0. The highest BCUT2D eigenvalue weighted by Gasteiger charge is 2.22. The minimum absolute atomic E-state index is 0.0971. The Morgan fingerprint density at radius 2 is 1.96 bits per heavy atom. The van der Waals surface area contributed by atoms with Gasteiger partial charge in [0.1, 0.15) is 12.4 Å². The molecule has 0 saturated heterocycles. The van der Waals surface area contributed by atoms with E-state index in [1.165, 1.54) is 18.3 Å². The summed E-state index contributed by atoms with van der Waals surface area (Å²) in [5.41, 5.74) is 0.619. The third kappa shape index (κ3) is 2.98. The molecule has 0 spiro atoms. The normalized spacial score (nSPS) is 11.1. The Morgan fingerprint density at radius 1 is 1.22 bits per heavy atom. The fourth-order valence-corrected chi connectivity index (χ4v) is 2.23. The predicted octanol–water partition coefficient (Wildman–Crippen LogP) is 3.55. The van der Waals surface area contributed by atoms with Crippen molar-refractivity contribution in [2.75, 3.05) is 0 Å². The van der Waals surface area contributed by atoms with Gasteiger partial charge in [0.15, 0.2) is 11.5 Å². The van der Waals surface area contributed by atoms with Crippen LogP contribution in [0.4, 0.5) is 8.78 Å². The Bertz CT molecular complexity index is 847. The third-order valence-electron chi connectivity index (χ3n) is 3.28. The SMILES string of the molecule is O=C(O)c1nc(C(F)F)n2cc(OCc3ccccc3)ccc12. The molecule has 3 aromatic rings. The van der Waals surface area contributed by atoms with Gasteiger partial charge in [-0.3, -0.25) is 4.40 Å². The summed E-state index contributed by atoms with van der Waals surface area (Å²) in [6, 6.07) is 12.3. The minimum atomic E-state index is -2.89. The van der Waals surface area contributed by atoms with E-state index in [1.807, 2.05) is 30.3 Å². The van der Waals surface area contributed by atoms with Crippen LogP contribution in [0, 0.1) is 0 Å². The van der Waals surface area contributed by atoms with E-state index >= 15 is 0 Å². The minimum Gasteiger partial charge on any atom is -0.487 e. The number of aromatic carboxylic acids is 1. The molecule has 3 rings (SSSR count). The first kappa shape index (κ1) is 15.0. The number of hydrogen-bond acceptors (Lipinski definition) is 3. The number of carboxylic acid groups (broad SMARTS) is 1. The van der Waals surface area contributed by atoms with Crippen LogP contribution in [0.25, 0.3) is 5.52 Å². The van der Waals surface area contributed by atoms with E-state index in [-0.39, 0.29) is 12.1 Å². The Morgan fingerprint density at radius 3 is 2.61 bits per heavy atom. The molecule has 0 amide bonds. The molecule has 0 radical (unpaired) electrons. The van der Waals surface area contributed by atoms with Crippen molar-refractivity contribution >= 4 is 11.5 Å². The summed E-state index contributed by atoms with van der Waals surface area (Å²) >= 11 is 0. The van der Waals surface area contributed by atoms with Crippen LogP contribution >= 0.6 is 0 Å². The molecule has 1 aromatic carbocycles. The van der Waals surface area contributed by atoms with Crippen molar-refractivity contribution in [3.05, 3.63) is 65.7 Å². The van der Waals surface area contributed by atoms with E-state index in [0.717, 1.165) is 9.96 Å². The molecule has 0 bridgehead atoms. The number of aromatic nitrogens is 2. The molecule has 118 valence electrons. The van der Waals surface area contributed by atoms with Gasteiger partial charge in [-0.25, -0.2) is 18.6 Å². The zero-order valence-electron chi connectivity index (χ0n) is 11.8. The predicted molar refractivity (Wildman–Crippen MR) is 77.9 cm³/mol. The van der Waals surface area contributed by atoms with E-state index < -0.39 is 23.9 Å². The molecule has 5 nitrogen and oxygen atoms in total. The van der Waals surface area contributed by atoms with Gasteiger partial charge >= 0.3 is 5.97 Å². The molecule has 0 saturated carbocycles. The summed E-state index contributed by atoms with van der Waals surface area (Å²) in [5.74, 6) is -1.63. The van der Waals surface area contributed by atoms with Crippen LogP contribution in [0.1, 0.15) is 28.3 Å². The van der Waals surface area contributed by atoms with Gasteiger partial charge in [-0.2, -0.15) is 0 Å². The molecule has 0 aliphatic carbocycles. The summed E-state index contributed by atoms with van der Waals surface area (Å²) in [5, 5.41) is 9.05. The van der Waals surface area contributed by atoms with E-state index in [0.29, 0.717) is 5.75 Å². The highest BCUT2D eigenvalue weighted by atomic mass is 19.3. The van der Waals surface area contributed by atoms with Gasteiger partial charge in [-0.1, -0.05) is 30.3 Å². The van der Waals surface area contributed by atoms with Crippen LogP contribution in [0.15, 0.2) is 48.7 Å². The molecule has 23 heavy (non-hydrogen) atoms. The van der Waals surface area contributed by atoms with Crippen LogP contribution < -0.4 is 4.74 Å². The molecule has 0 aliphatic heterocycles. The van der Waals surface area contributed by atoms with Crippen molar-refractivity contribution < 1.29 is 23.4 Å². The topological polar surface area (TPSA) is 63.8 Å². The lowest BCUT2D eigenvalue weighted by atomic mass is 10.2. The second kappa shape index (κ2) is 6.04. The number of nitrogens with zero attached hydrogens (tertiary/aromatic N) is 2. The van der Waals surface area contributed by atoms with Gasteiger partial charge < -0.3 is 9.84 Å². The maximum absolute atomic E-state index is 13.0. The summed E-state index contributed by atoms with van der Waals surface area (Å²) in [4.78, 5) is 14.6. The first-order valence-electron chi connectivity index (χ1n) is 6.76. The molecule has 0 aliphatic rings. The Hall–Kier alpha value is -2.96. The maximum Gasteiger partial charge on any atom is 0.356 e. The van der Waals surface area contributed by atoms with Crippen LogP contribution in [-0.4, -0.2) is 20.5 Å². The Kier molecular flexibility index (Phi) is 3.92. The number of imidazole rings is 1. The lowest BCUT2D eigenvalue weighted by molar-refractivity contribution is 0.0692. The van der Waals surface area contributed by atoms with Crippen molar-refractivity contribution in [3.63, 3.8) is 0 Å². The number of halogens is 2. The van der Waals surface area contributed by atoms with E-state index in [2.05, 4.69) is 4.98 Å². The summed E-state index contributed by atoms with van der Waals surface area (Å²) in [6.45, 7) is 0.275. The molecule has 2 heterocycles. The number of alkyl halides is 2. The fraction of sp³-hybridized carbons (Fsp3) is 0.125. The number of benzene rings is 1. The number of rotatable bonds is 5. The average molecular weight is 318 g/mol. The lowest BCUT2D eigenvalue weighted by Crippen LogP contribution is -1.99. The highest BCUT2D eigenvalue weighted by molar-refractivity contribution is 5.93. The number of carbonyl (C=O) groups is 1. The van der Waals surface area contributed by atoms with E-state index in [1.54, 1.807) is 0 Å². The van der Waals surface area contributed by atoms with E-state index in [9.17, 15) is 13.6 Å². The smallest absolute Gasteiger partial charge is 0.356 e. The second-order valence-corrected chi connectivity index (χ2v) is 4.82. The van der Waals surface area contributed by atoms with Gasteiger partial charge in [0, 0.05) is 0 Å². The Labute approximate surface area is 129 Å². The number of hydrogen-bond donors (Lipinski definition) is 1. The van der Waals surface area contributed by atoms with Crippen LogP contribution in [0.3, 0.4) is 0 Å². The van der Waals surface area contributed by atoms with Gasteiger partial charge in [0.05, 0.1) is 11.7 Å². The largest absolute Gasteiger partial charge is 0.487 e. The molecule has 1 N–H and O–H groups in total. The monoisotopic (exact) mass is 318 g/mol. The van der Waals surface area contributed by atoms with Crippen molar-refractivity contribution in [1.82, 2.24) is 9.38 Å². The molecular formula is C16H12F2N2O3. The molecule has 2 aromatic heterocycles. The Balaban J connectivity index is 1.94. The first-order valence-corrected chi connectivity index (χ1v) is 6.76. The lowest BCUT2D eigenvalue weighted by Gasteiger charge is -2.08. The van der Waals surface area contributed by atoms with E-state index in [4.69, 9.17) is 9.84 Å². The van der Waals surface area contributed by atoms with Crippen molar-refractivity contribution in [3.8, 4) is 5.75 Å².